The minimum atomic E-state index is -0.352. The van der Waals surface area contributed by atoms with Crippen molar-refractivity contribution in [2.45, 2.75) is 37.4 Å². The molecule has 5 heteroatoms. The number of amides is 1. The Labute approximate surface area is 164 Å². The van der Waals surface area contributed by atoms with Gasteiger partial charge in [0, 0.05) is 30.1 Å². The van der Waals surface area contributed by atoms with Crippen LogP contribution in [-0.2, 0) is 11.3 Å². The number of hydrogen-bond acceptors (Lipinski definition) is 3. The highest BCUT2D eigenvalue weighted by molar-refractivity contribution is 6.30. The van der Waals surface area contributed by atoms with Crippen LogP contribution in [0.4, 0.5) is 0 Å². The number of nitrogens with zero attached hydrogens (tertiary/aromatic N) is 2. The first-order chi connectivity index (χ1) is 13.1. The van der Waals surface area contributed by atoms with E-state index in [4.69, 9.17) is 11.6 Å². The van der Waals surface area contributed by atoms with Gasteiger partial charge in [0.25, 0.3) is 0 Å². The van der Waals surface area contributed by atoms with Crippen molar-refractivity contribution in [3.05, 3.63) is 64.7 Å². The average molecular weight is 383 g/mol. The Morgan fingerprint density at radius 3 is 2.85 bits per heavy atom. The summed E-state index contributed by atoms with van der Waals surface area (Å²) in [6.45, 7) is 2.38. The van der Waals surface area contributed by atoms with Gasteiger partial charge in [0.1, 0.15) is 11.3 Å². The lowest BCUT2D eigenvalue weighted by Gasteiger charge is -2.33. The molecule has 27 heavy (non-hydrogen) atoms. The van der Waals surface area contributed by atoms with Gasteiger partial charge in [0.15, 0.2) is 0 Å². The van der Waals surface area contributed by atoms with E-state index in [0.29, 0.717) is 23.2 Å². The summed E-state index contributed by atoms with van der Waals surface area (Å²) in [4.78, 5) is 18.0. The largest absolute Gasteiger partial charge is 0.508 e. The highest BCUT2D eigenvalue weighted by Gasteiger charge is 2.65. The van der Waals surface area contributed by atoms with Crippen LogP contribution < -0.4 is 0 Å². The first kappa shape index (κ1) is 17.1. The predicted octanol–water partition coefficient (Wildman–Crippen LogP) is 3.98. The van der Waals surface area contributed by atoms with E-state index in [0.717, 1.165) is 43.5 Å². The maximum Gasteiger partial charge on any atom is 0.243 e. The fraction of sp³-hybridized carbons (Fsp3) is 0.409. The van der Waals surface area contributed by atoms with Crippen LogP contribution in [0.15, 0.2) is 48.5 Å². The van der Waals surface area contributed by atoms with Gasteiger partial charge >= 0.3 is 0 Å². The topological polar surface area (TPSA) is 43.8 Å². The van der Waals surface area contributed by atoms with Crippen LogP contribution in [0.2, 0.25) is 5.02 Å². The lowest BCUT2D eigenvalue weighted by Crippen LogP contribution is -2.49. The molecular formula is C22H23ClN2O2. The number of phenols is 1. The van der Waals surface area contributed by atoms with Crippen molar-refractivity contribution in [1.82, 2.24) is 9.80 Å². The van der Waals surface area contributed by atoms with Crippen LogP contribution in [0, 0.1) is 5.92 Å². The second-order valence-corrected chi connectivity index (χ2v) is 8.52. The molecule has 140 valence electrons. The van der Waals surface area contributed by atoms with E-state index in [2.05, 4.69) is 11.0 Å². The predicted molar refractivity (Wildman–Crippen MR) is 104 cm³/mol. The van der Waals surface area contributed by atoms with Gasteiger partial charge in [-0.3, -0.25) is 9.69 Å². The molecule has 3 aliphatic heterocycles. The summed E-state index contributed by atoms with van der Waals surface area (Å²) in [5.41, 5.74) is 1.86. The lowest BCUT2D eigenvalue weighted by molar-refractivity contribution is -0.137. The standard InChI is InChI=1S/C22H23ClN2O2/c23-18-6-1-4-15(10-18)13-24-14-17-12-20(16-5-2-7-19(26)11-16)25-9-3-8-22(17,25)21(24)27/h1-2,4-7,10-11,17,20,26H,3,8-9,12-14H2/t17-,20-,22-/m0/s1. The SMILES string of the molecule is O=C1N(Cc2cccc(Cl)c2)C[C@@H]2C[C@@H](c3cccc(O)c3)N3CCC[C@@]123. The Hall–Kier alpha value is -2.04. The van der Waals surface area contributed by atoms with Gasteiger partial charge in [0.05, 0.1) is 0 Å². The summed E-state index contributed by atoms with van der Waals surface area (Å²) in [6.07, 6.45) is 2.97. The monoisotopic (exact) mass is 382 g/mol. The van der Waals surface area contributed by atoms with Crippen LogP contribution >= 0.6 is 11.6 Å². The van der Waals surface area contributed by atoms with E-state index in [9.17, 15) is 9.90 Å². The van der Waals surface area contributed by atoms with Crippen LogP contribution in [0.3, 0.4) is 0 Å². The van der Waals surface area contributed by atoms with Crippen molar-refractivity contribution < 1.29 is 9.90 Å². The van der Waals surface area contributed by atoms with E-state index in [1.165, 1.54) is 0 Å². The number of phenolic OH excluding ortho intramolecular Hbond substituents is 1. The molecule has 3 fully saturated rings. The summed E-state index contributed by atoms with van der Waals surface area (Å²) in [5, 5.41) is 10.6. The molecule has 0 unspecified atom stereocenters. The molecule has 2 aromatic carbocycles. The van der Waals surface area contributed by atoms with Crippen LogP contribution in [-0.4, -0.2) is 39.4 Å². The summed E-state index contributed by atoms with van der Waals surface area (Å²) in [5.74, 6) is 0.915. The molecule has 3 heterocycles. The highest BCUT2D eigenvalue weighted by atomic mass is 35.5. The highest BCUT2D eigenvalue weighted by Crippen LogP contribution is 2.56. The smallest absolute Gasteiger partial charge is 0.243 e. The number of benzene rings is 2. The van der Waals surface area contributed by atoms with Gasteiger partial charge in [-0.25, -0.2) is 0 Å². The van der Waals surface area contributed by atoms with E-state index >= 15 is 0 Å². The zero-order valence-corrected chi connectivity index (χ0v) is 15.9. The zero-order valence-electron chi connectivity index (χ0n) is 15.1. The molecule has 1 spiro atoms. The van der Waals surface area contributed by atoms with Crippen molar-refractivity contribution in [2.75, 3.05) is 13.1 Å². The van der Waals surface area contributed by atoms with Crippen molar-refractivity contribution in [2.24, 2.45) is 5.92 Å². The van der Waals surface area contributed by atoms with Crippen molar-refractivity contribution in [1.29, 1.82) is 0 Å². The lowest BCUT2D eigenvalue weighted by atomic mass is 9.85. The van der Waals surface area contributed by atoms with Gasteiger partial charge in [-0.05, 0) is 61.2 Å². The van der Waals surface area contributed by atoms with Crippen LogP contribution in [0.25, 0.3) is 0 Å². The number of rotatable bonds is 3. The molecule has 0 radical (unpaired) electrons. The Morgan fingerprint density at radius 2 is 2.04 bits per heavy atom. The van der Waals surface area contributed by atoms with E-state index in [1.54, 1.807) is 6.07 Å². The van der Waals surface area contributed by atoms with Gasteiger partial charge in [-0.2, -0.15) is 0 Å². The minimum absolute atomic E-state index is 0.224. The average Bonchev–Trinajstić information content (AvgIpc) is 3.26. The molecule has 3 aliphatic rings. The third-order valence-electron chi connectivity index (χ3n) is 6.64. The molecular weight excluding hydrogens is 360 g/mol. The molecule has 3 atom stereocenters. The van der Waals surface area contributed by atoms with E-state index < -0.39 is 0 Å². The maximum atomic E-state index is 13.5. The van der Waals surface area contributed by atoms with E-state index in [-0.39, 0.29) is 17.5 Å². The number of likely N-dealkylation sites (tertiary alicyclic amines) is 1. The zero-order chi connectivity index (χ0) is 18.6. The Bertz CT molecular complexity index is 901. The van der Waals surface area contributed by atoms with Gasteiger partial charge < -0.3 is 10.0 Å². The van der Waals surface area contributed by atoms with Crippen LogP contribution in [0.1, 0.15) is 36.4 Å². The number of carbonyl (C=O) groups is 1. The van der Waals surface area contributed by atoms with Crippen molar-refractivity contribution in [3.8, 4) is 5.75 Å². The minimum Gasteiger partial charge on any atom is -0.508 e. The van der Waals surface area contributed by atoms with Gasteiger partial charge in [-0.1, -0.05) is 35.9 Å². The fourth-order valence-corrected chi connectivity index (χ4v) is 5.83. The molecule has 1 amide bonds. The second-order valence-electron chi connectivity index (χ2n) is 8.08. The van der Waals surface area contributed by atoms with Gasteiger partial charge in [-0.15, -0.1) is 0 Å². The molecule has 0 saturated carbocycles. The first-order valence-corrected chi connectivity index (χ1v) is 10.1. The summed E-state index contributed by atoms with van der Waals surface area (Å²) in [6, 6.07) is 15.5. The molecule has 5 rings (SSSR count). The number of halogens is 1. The molecule has 1 N–H and O–H groups in total. The van der Waals surface area contributed by atoms with Gasteiger partial charge in [0.2, 0.25) is 5.91 Å². The van der Waals surface area contributed by atoms with Crippen molar-refractivity contribution in [3.63, 3.8) is 0 Å². The Morgan fingerprint density at radius 1 is 1.19 bits per heavy atom. The van der Waals surface area contributed by atoms with Crippen molar-refractivity contribution >= 4 is 17.5 Å². The first-order valence-electron chi connectivity index (χ1n) is 9.67. The molecule has 2 aromatic rings. The number of carbonyl (C=O) groups excluding carboxylic acids is 1. The number of aromatic hydroxyl groups is 1. The summed E-state index contributed by atoms with van der Waals surface area (Å²) < 4.78 is 0. The normalized spacial score (nSPS) is 30.0. The molecule has 0 bridgehead atoms. The molecule has 0 aromatic heterocycles. The summed E-state index contributed by atoms with van der Waals surface area (Å²) >= 11 is 6.12. The Balaban J connectivity index is 1.43. The third kappa shape index (κ3) is 2.58. The molecule has 4 nitrogen and oxygen atoms in total. The third-order valence-corrected chi connectivity index (χ3v) is 6.88. The fourth-order valence-electron chi connectivity index (χ4n) is 5.62. The Kier molecular flexibility index (Phi) is 3.95. The molecule has 0 aliphatic carbocycles. The summed E-state index contributed by atoms with van der Waals surface area (Å²) in [7, 11) is 0. The second kappa shape index (κ2) is 6.25. The maximum absolute atomic E-state index is 13.5. The quantitative estimate of drug-likeness (QED) is 0.873. The van der Waals surface area contributed by atoms with E-state index in [1.807, 2.05) is 41.3 Å². The van der Waals surface area contributed by atoms with Crippen LogP contribution in [0.5, 0.6) is 5.75 Å². The molecule has 3 saturated heterocycles. The number of hydrogen-bond donors (Lipinski definition) is 1.